The third kappa shape index (κ3) is 3.14. The molecule has 0 saturated heterocycles. The van der Waals surface area contributed by atoms with E-state index in [1.807, 2.05) is 30.5 Å². The van der Waals surface area contributed by atoms with Crippen molar-refractivity contribution in [1.29, 1.82) is 0 Å². The fourth-order valence-electron chi connectivity index (χ4n) is 2.64. The SMILES string of the molecule is COc1cccc(CSc2nnc(-c3cccnc3)n2C2CC2)c1. The number of rotatable bonds is 6. The minimum atomic E-state index is 0.517. The second kappa shape index (κ2) is 6.65. The topological polar surface area (TPSA) is 52.8 Å². The van der Waals surface area contributed by atoms with Gasteiger partial charge in [0.25, 0.3) is 0 Å². The van der Waals surface area contributed by atoms with Crippen molar-refractivity contribution in [3.05, 3.63) is 54.4 Å². The van der Waals surface area contributed by atoms with Crippen LogP contribution < -0.4 is 4.74 Å². The van der Waals surface area contributed by atoms with E-state index in [4.69, 9.17) is 4.74 Å². The maximum Gasteiger partial charge on any atom is 0.192 e. The summed E-state index contributed by atoms with van der Waals surface area (Å²) >= 11 is 1.72. The van der Waals surface area contributed by atoms with Crippen LogP contribution in [0.3, 0.4) is 0 Å². The lowest BCUT2D eigenvalue weighted by Crippen LogP contribution is -2.00. The summed E-state index contributed by atoms with van der Waals surface area (Å²) in [4.78, 5) is 4.20. The fourth-order valence-corrected chi connectivity index (χ4v) is 3.59. The summed E-state index contributed by atoms with van der Waals surface area (Å²) in [5.74, 6) is 2.64. The highest BCUT2D eigenvalue weighted by Gasteiger charge is 2.30. The maximum absolute atomic E-state index is 5.29. The van der Waals surface area contributed by atoms with Crippen LogP contribution in [0.4, 0.5) is 0 Å². The first kappa shape index (κ1) is 15.2. The lowest BCUT2D eigenvalue weighted by atomic mass is 10.2. The second-order valence-electron chi connectivity index (χ2n) is 5.79. The van der Waals surface area contributed by atoms with Gasteiger partial charge in [0.1, 0.15) is 5.75 Å². The van der Waals surface area contributed by atoms with Gasteiger partial charge in [0, 0.05) is 29.8 Å². The summed E-state index contributed by atoms with van der Waals surface area (Å²) in [5, 5.41) is 9.82. The molecule has 1 aliphatic carbocycles. The van der Waals surface area contributed by atoms with Crippen molar-refractivity contribution in [2.75, 3.05) is 7.11 Å². The molecule has 0 bridgehead atoms. The molecule has 1 saturated carbocycles. The van der Waals surface area contributed by atoms with Gasteiger partial charge in [-0.15, -0.1) is 10.2 Å². The number of methoxy groups -OCH3 is 1. The first-order chi connectivity index (χ1) is 11.8. The van der Waals surface area contributed by atoms with E-state index in [0.717, 1.165) is 28.0 Å². The monoisotopic (exact) mass is 338 g/mol. The van der Waals surface area contributed by atoms with Crippen LogP contribution in [0.25, 0.3) is 11.4 Å². The number of aromatic nitrogens is 4. The van der Waals surface area contributed by atoms with Crippen molar-refractivity contribution in [2.24, 2.45) is 0 Å². The lowest BCUT2D eigenvalue weighted by Gasteiger charge is -2.09. The van der Waals surface area contributed by atoms with Crippen LogP contribution >= 0.6 is 11.8 Å². The normalized spacial score (nSPS) is 13.9. The zero-order valence-electron chi connectivity index (χ0n) is 13.4. The predicted molar refractivity (Wildman–Crippen MR) is 94.1 cm³/mol. The molecular formula is C18H18N4OS. The van der Waals surface area contributed by atoms with Gasteiger partial charge in [-0.1, -0.05) is 23.9 Å². The Morgan fingerprint density at radius 3 is 2.88 bits per heavy atom. The minimum Gasteiger partial charge on any atom is -0.497 e. The van der Waals surface area contributed by atoms with Crippen LogP contribution in [0.5, 0.6) is 5.75 Å². The minimum absolute atomic E-state index is 0.517. The number of nitrogens with zero attached hydrogens (tertiary/aromatic N) is 4. The van der Waals surface area contributed by atoms with E-state index in [-0.39, 0.29) is 0 Å². The summed E-state index contributed by atoms with van der Waals surface area (Å²) in [6, 6.07) is 12.6. The molecule has 0 unspecified atom stereocenters. The predicted octanol–water partition coefficient (Wildman–Crippen LogP) is 3.98. The molecule has 0 radical (unpaired) electrons. The third-order valence-electron chi connectivity index (χ3n) is 4.00. The molecule has 6 heteroatoms. The highest BCUT2D eigenvalue weighted by molar-refractivity contribution is 7.98. The number of ether oxygens (including phenoxy) is 1. The zero-order valence-corrected chi connectivity index (χ0v) is 14.2. The molecule has 0 atom stereocenters. The molecule has 1 aromatic carbocycles. The molecule has 24 heavy (non-hydrogen) atoms. The van der Waals surface area contributed by atoms with Crippen LogP contribution in [0, 0.1) is 0 Å². The van der Waals surface area contributed by atoms with Crippen LogP contribution in [0.1, 0.15) is 24.4 Å². The van der Waals surface area contributed by atoms with E-state index in [1.165, 1.54) is 18.4 Å². The van der Waals surface area contributed by atoms with Crippen LogP contribution in [0.2, 0.25) is 0 Å². The molecule has 1 fully saturated rings. The van der Waals surface area contributed by atoms with Crippen molar-refractivity contribution in [2.45, 2.75) is 29.8 Å². The average Bonchev–Trinajstić information content (AvgIpc) is 3.40. The molecule has 4 rings (SSSR count). The highest BCUT2D eigenvalue weighted by atomic mass is 32.2. The van der Waals surface area contributed by atoms with Gasteiger partial charge < -0.3 is 4.74 Å². The molecule has 2 heterocycles. The maximum atomic E-state index is 5.29. The number of benzene rings is 1. The molecule has 0 aliphatic heterocycles. The van der Waals surface area contributed by atoms with E-state index < -0.39 is 0 Å². The summed E-state index contributed by atoms with van der Waals surface area (Å²) in [7, 11) is 1.69. The molecule has 0 amide bonds. The molecule has 1 aliphatic rings. The Hall–Kier alpha value is -2.34. The van der Waals surface area contributed by atoms with Crippen molar-refractivity contribution < 1.29 is 4.74 Å². The van der Waals surface area contributed by atoms with Crippen LogP contribution in [0.15, 0.2) is 53.9 Å². The molecule has 2 aromatic heterocycles. The van der Waals surface area contributed by atoms with Crippen molar-refractivity contribution >= 4 is 11.8 Å². The Morgan fingerprint density at radius 1 is 1.21 bits per heavy atom. The summed E-state index contributed by atoms with van der Waals surface area (Å²) in [6.07, 6.45) is 6.01. The van der Waals surface area contributed by atoms with Crippen molar-refractivity contribution in [1.82, 2.24) is 19.7 Å². The van der Waals surface area contributed by atoms with E-state index in [2.05, 4.69) is 31.9 Å². The first-order valence-corrected chi connectivity index (χ1v) is 8.95. The first-order valence-electron chi connectivity index (χ1n) is 7.96. The van der Waals surface area contributed by atoms with Gasteiger partial charge in [0.05, 0.1) is 7.11 Å². The van der Waals surface area contributed by atoms with Crippen LogP contribution in [-0.4, -0.2) is 26.9 Å². The Balaban J connectivity index is 1.58. The summed E-state index contributed by atoms with van der Waals surface area (Å²) < 4.78 is 7.56. The largest absolute Gasteiger partial charge is 0.497 e. The number of hydrogen-bond acceptors (Lipinski definition) is 5. The Bertz CT molecular complexity index is 830. The van der Waals surface area contributed by atoms with Gasteiger partial charge in [-0.25, -0.2) is 0 Å². The Morgan fingerprint density at radius 2 is 2.12 bits per heavy atom. The molecule has 0 N–H and O–H groups in total. The van der Waals surface area contributed by atoms with Gasteiger partial charge in [0.2, 0.25) is 0 Å². The van der Waals surface area contributed by atoms with E-state index in [1.54, 1.807) is 25.1 Å². The van der Waals surface area contributed by atoms with Crippen molar-refractivity contribution in [3.8, 4) is 17.1 Å². The van der Waals surface area contributed by atoms with Gasteiger partial charge in [0.15, 0.2) is 11.0 Å². The zero-order chi connectivity index (χ0) is 16.4. The van der Waals surface area contributed by atoms with Gasteiger partial charge in [-0.2, -0.15) is 0 Å². The number of thioether (sulfide) groups is 1. The van der Waals surface area contributed by atoms with E-state index >= 15 is 0 Å². The summed E-state index contributed by atoms with van der Waals surface area (Å²) in [6.45, 7) is 0. The molecule has 5 nitrogen and oxygen atoms in total. The average molecular weight is 338 g/mol. The Labute approximate surface area is 145 Å². The lowest BCUT2D eigenvalue weighted by molar-refractivity contribution is 0.414. The van der Waals surface area contributed by atoms with Crippen LogP contribution in [-0.2, 0) is 5.75 Å². The molecule has 0 spiro atoms. The molecule has 3 aromatic rings. The Kier molecular flexibility index (Phi) is 4.21. The fraction of sp³-hybridized carbons (Fsp3) is 0.278. The summed E-state index contributed by atoms with van der Waals surface area (Å²) in [5.41, 5.74) is 2.23. The molecule has 122 valence electrons. The number of pyridine rings is 1. The highest BCUT2D eigenvalue weighted by Crippen LogP contribution is 2.41. The quantitative estimate of drug-likeness (QED) is 0.636. The van der Waals surface area contributed by atoms with E-state index in [0.29, 0.717) is 6.04 Å². The van der Waals surface area contributed by atoms with Gasteiger partial charge >= 0.3 is 0 Å². The standard InChI is InChI=1S/C18H18N4OS/c1-23-16-6-2-4-13(10-16)12-24-18-21-20-17(22(18)15-7-8-15)14-5-3-9-19-11-14/h2-6,9-11,15H,7-8,12H2,1H3. The van der Waals surface area contributed by atoms with E-state index in [9.17, 15) is 0 Å². The second-order valence-corrected chi connectivity index (χ2v) is 6.73. The molecular weight excluding hydrogens is 320 g/mol. The number of hydrogen-bond donors (Lipinski definition) is 0. The third-order valence-corrected chi connectivity index (χ3v) is 5.01. The van der Waals surface area contributed by atoms with Crippen molar-refractivity contribution in [3.63, 3.8) is 0 Å². The van der Waals surface area contributed by atoms with Gasteiger partial charge in [-0.05, 0) is 42.7 Å². The smallest absolute Gasteiger partial charge is 0.192 e. The van der Waals surface area contributed by atoms with Gasteiger partial charge in [-0.3, -0.25) is 9.55 Å².